The van der Waals surface area contributed by atoms with Gasteiger partial charge in [0, 0.05) is 33.9 Å². The average Bonchev–Trinajstić information content (AvgIpc) is 2.94. The Morgan fingerprint density at radius 1 is 1.40 bits per heavy atom. The third-order valence-corrected chi connectivity index (χ3v) is 5.29. The summed E-state index contributed by atoms with van der Waals surface area (Å²) in [4.78, 5) is 11.7. The van der Waals surface area contributed by atoms with Crippen molar-refractivity contribution in [3.05, 3.63) is 24.0 Å². The van der Waals surface area contributed by atoms with E-state index in [1.807, 2.05) is 0 Å². The molecule has 0 saturated heterocycles. The van der Waals surface area contributed by atoms with Crippen LogP contribution in [0.2, 0.25) is 0 Å². The molecule has 110 valence electrons. The van der Waals surface area contributed by atoms with E-state index in [0.717, 1.165) is 25.7 Å². The number of nitrogens with one attached hydrogen (secondary N) is 1. The smallest absolute Gasteiger partial charge is 0.225 e. The quantitative estimate of drug-likeness (QED) is 0.820. The summed E-state index contributed by atoms with van der Waals surface area (Å²) in [7, 11) is -0.963. The number of hydrogen-bond donors (Lipinski definition) is 2. The summed E-state index contributed by atoms with van der Waals surface area (Å²) in [5.74, 6) is -0.522. The van der Waals surface area contributed by atoms with Gasteiger partial charge in [-0.3, -0.25) is 9.00 Å². The summed E-state index contributed by atoms with van der Waals surface area (Å²) in [6.45, 7) is 0. The normalized spacial score (nSPS) is 17.1. The van der Waals surface area contributed by atoms with Crippen LogP contribution < -0.4 is 11.1 Å². The minimum atomic E-state index is -0.963. The summed E-state index contributed by atoms with van der Waals surface area (Å²) in [5.41, 5.74) is 6.00. The molecule has 0 radical (unpaired) electrons. The summed E-state index contributed by atoms with van der Waals surface area (Å²) >= 11 is 0. The Balaban J connectivity index is 1.83. The lowest BCUT2D eigenvalue weighted by molar-refractivity contribution is -0.115. The maximum absolute atomic E-state index is 13.4. The van der Waals surface area contributed by atoms with E-state index in [1.54, 1.807) is 0 Å². The maximum atomic E-state index is 13.4. The Hall–Kier alpha value is -1.43. The first-order valence-electron chi connectivity index (χ1n) is 6.78. The molecular weight excluding hydrogens is 279 g/mol. The zero-order valence-electron chi connectivity index (χ0n) is 11.2. The van der Waals surface area contributed by atoms with Crippen molar-refractivity contribution in [2.24, 2.45) is 0 Å². The lowest BCUT2D eigenvalue weighted by Gasteiger charge is -2.10. The second-order valence-corrected chi connectivity index (χ2v) is 6.87. The third kappa shape index (κ3) is 4.03. The van der Waals surface area contributed by atoms with Crippen LogP contribution in [0.3, 0.4) is 0 Å². The molecule has 1 aromatic carbocycles. The van der Waals surface area contributed by atoms with Gasteiger partial charge in [-0.1, -0.05) is 12.8 Å². The maximum Gasteiger partial charge on any atom is 0.225 e. The fourth-order valence-corrected chi connectivity index (χ4v) is 3.94. The van der Waals surface area contributed by atoms with Gasteiger partial charge in [-0.15, -0.1) is 0 Å². The molecule has 1 aliphatic carbocycles. The molecule has 1 unspecified atom stereocenters. The number of amides is 1. The Morgan fingerprint density at radius 2 is 2.10 bits per heavy atom. The molecular formula is C14H19FN2O2S. The zero-order valence-corrected chi connectivity index (χ0v) is 12.0. The molecule has 3 N–H and O–H groups in total. The summed E-state index contributed by atoms with van der Waals surface area (Å²) in [5, 5.41) is 2.70. The van der Waals surface area contributed by atoms with Crippen LogP contribution in [0.25, 0.3) is 0 Å². The van der Waals surface area contributed by atoms with Gasteiger partial charge in [-0.05, 0) is 31.0 Å². The highest BCUT2D eigenvalue weighted by Crippen LogP contribution is 2.23. The minimum Gasteiger partial charge on any atom is -0.399 e. The molecule has 1 aliphatic rings. The van der Waals surface area contributed by atoms with Gasteiger partial charge in [0.2, 0.25) is 5.91 Å². The largest absolute Gasteiger partial charge is 0.399 e. The summed E-state index contributed by atoms with van der Waals surface area (Å²) < 4.78 is 25.4. The van der Waals surface area contributed by atoms with Gasteiger partial charge < -0.3 is 11.1 Å². The SMILES string of the molecule is Nc1ccc(F)c(NC(=O)CCS(=O)C2CCCC2)c1. The first-order valence-corrected chi connectivity index (χ1v) is 8.16. The van der Waals surface area contributed by atoms with Crippen molar-refractivity contribution in [1.82, 2.24) is 0 Å². The van der Waals surface area contributed by atoms with Crippen LogP contribution >= 0.6 is 0 Å². The van der Waals surface area contributed by atoms with Gasteiger partial charge in [0.1, 0.15) is 5.82 Å². The molecule has 0 spiro atoms. The highest BCUT2D eigenvalue weighted by atomic mass is 32.2. The number of halogens is 1. The molecule has 1 atom stereocenters. The lowest BCUT2D eigenvalue weighted by Crippen LogP contribution is -2.20. The molecule has 1 saturated carbocycles. The van der Waals surface area contributed by atoms with Crippen molar-refractivity contribution < 1.29 is 13.4 Å². The van der Waals surface area contributed by atoms with Crippen molar-refractivity contribution in [2.45, 2.75) is 37.4 Å². The number of carbonyl (C=O) groups is 1. The number of rotatable bonds is 5. The summed E-state index contributed by atoms with van der Waals surface area (Å²) in [6, 6.07) is 4.02. The van der Waals surface area contributed by atoms with Crippen LogP contribution in [0, 0.1) is 5.82 Å². The van der Waals surface area contributed by atoms with E-state index in [-0.39, 0.29) is 23.3 Å². The highest BCUT2D eigenvalue weighted by molar-refractivity contribution is 7.85. The number of carbonyl (C=O) groups excluding carboxylic acids is 1. The van der Waals surface area contributed by atoms with E-state index in [2.05, 4.69) is 5.32 Å². The molecule has 4 nitrogen and oxygen atoms in total. The van der Waals surface area contributed by atoms with Crippen molar-refractivity contribution in [1.29, 1.82) is 0 Å². The first-order chi connectivity index (χ1) is 9.56. The van der Waals surface area contributed by atoms with E-state index in [1.165, 1.54) is 18.2 Å². The monoisotopic (exact) mass is 298 g/mol. The van der Waals surface area contributed by atoms with Crippen LogP contribution in [-0.4, -0.2) is 21.1 Å². The molecule has 0 heterocycles. The van der Waals surface area contributed by atoms with Crippen LogP contribution in [0.4, 0.5) is 15.8 Å². The Morgan fingerprint density at radius 3 is 2.80 bits per heavy atom. The van der Waals surface area contributed by atoms with Gasteiger partial charge >= 0.3 is 0 Å². The predicted octanol–water partition coefficient (Wildman–Crippen LogP) is 2.43. The number of benzene rings is 1. The van der Waals surface area contributed by atoms with Crippen molar-refractivity contribution in [3.8, 4) is 0 Å². The molecule has 1 fully saturated rings. The van der Waals surface area contributed by atoms with Crippen LogP contribution in [-0.2, 0) is 15.6 Å². The fraction of sp³-hybridized carbons (Fsp3) is 0.500. The standard InChI is InChI=1S/C14H19FN2O2S/c15-12-6-5-10(16)9-13(12)17-14(18)7-8-20(19)11-3-1-2-4-11/h5-6,9,11H,1-4,7-8,16H2,(H,17,18). The van der Waals surface area contributed by atoms with Gasteiger partial charge in [0.25, 0.3) is 0 Å². The summed E-state index contributed by atoms with van der Waals surface area (Å²) in [6.07, 6.45) is 4.35. The topological polar surface area (TPSA) is 72.2 Å². The van der Waals surface area contributed by atoms with Crippen molar-refractivity contribution >= 4 is 28.1 Å². The lowest BCUT2D eigenvalue weighted by atomic mass is 10.2. The molecule has 0 aliphatic heterocycles. The van der Waals surface area contributed by atoms with E-state index < -0.39 is 16.6 Å². The van der Waals surface area contributed by atoms with Gasteiger partial charge in [0.05, 0.1) is 5.69 Å². The highest BCUT2D eigenvalue weighted by Gasteiger charge is 2.21. The number of hydrogen-bond acceptors (Lipinski definition) is 3. The van der Waals surface area contributed by atoms with Gasteiger partial charge in [0.15, 0.2) is 0 Å². The fourth-order valence-electron chi connectivity index (χ4n) is 2.36. The van der Waals surface area contributed by atoms with Gasteiger partial charge in [-0.25, -0.2) is 4.39 Å². The van der Waals surface area contributed by atoms with Crippen LogP contribution in [0.15, 0.2) is 18.2 Å². The molecule has 2 rings (SSSR count). The molecule has 1 aromatic rings. The van der Waals surface area contributed by atoms with Crippen molar-refractivity contribution in [2.75, 3.05) is 16.8 Å². The first kappa shape index (κ1) is 15.0. The molecule has 0 aromatic heterocycles. The molecule has 20 heavy (non-hydrogen) atoms. The number of nitrogens with two attached hydrogens (primary N) is 1. The van der Waals surface area contributed by atoms with E-state index >= 15 is 0 Å². The minimum absolute atomic E-state index is 0.0710. The van der Waals surface area contributed by atoms with Crippen molar-refractivity contribution in [3.63, 3.8) is 0 Å². The second-order valence-electron chi connectivity index (χ2n) is 5.03. The second kappa shape index (κ2) is 6.83. The zero-order chi connectivity index (χ0) is 14.5. The van der Waals surface area contributed by atoms with E-state index in [4.69, 9.17) is 5.73 Å². The Kier molecular flexibility index (Phi) is 5.11. The predicted molar refractivity (Wildman–Crippen MR) is 79.3 cm³/mol. The average molecular weight is 298 g/mol. The number of nitrogen functional groups attached to an aromatic ring is 1. The van der Waals surface area contributed by atoms with Crippen LogP contribution in [0.1, 0.15) is 32.1 Å². The Bertz CT molecular complexity index is 516. The molecule has 0 bridgehead atoms. The Labute approximate surface area is 120 Å². The third-order valence-electron chi connectivity index (χ3n) is 3.47. The van der Waals surface area contributed by atoms with Crippen LogP contribution in [0.5, 0.6) is 0 Å². The van der Waals surface area contributed by atoms with E-state index in [0.29, 0.717) is 11.4 Å². The van der Waals surface area contributed by atoms with Gasteiger partial charge in [-0.2, -0.15) is 0 Å². The van der Waals surface area contributed by atoms with E-state index in [9.17, 15) is 13.4 Å². The molecule has 6 heteroatoms. The molecule has 1 amide bonds. The number of anilines is 2.